The Morgan fingerprint density at radius 2 is 1.57 bits per heavy atom. The number of allylic oxidation sites excluding steroid dienone is 2. The van der Waals surface area contributed by atoms with Crippen molar-refractivity contribution >= 4 is 39.4 Å². The van der Waals surface area contributed by atoms with Crippen molar-refractivity contribution < 1.29 is 30.0 Å². The minimum Gasteiger partial charge on any atom is -0.512 e. The molecule has 5 rings (SSSR count). The van der Waals surface area contributed by atoms with Crippen molar-refractivity contribution in [1.82, 2.24) is 15.0 Å². The molecule has 4 aromatic rings. The van der Waals surface area contributed by atoms with E-state index in [0.29, 0.717) is 0 Å². The molecule has 0 atom stereocenters. The van der Waals surface area contributed by atoms with Gasteiger partial charge in [-0.25, -0.2) is 0 Å². The topological polar surface area (TPSA) is 76.0 Å². The van der Waals surface area contributed by atoms with Gasteiger partial charge >= 0.3 is 0 Å². The molecule has 1 aliphatic heterocycles. The number of hydrogen-bond donors (Lipinski definition) is 1. The van der Waals surface area contributed by atoms with Gasteiger partial charge < -0.3 is 5.11 Å². The second-order valence-corrected chi connectivity index (χ2v) is 14.3. The summed E-state index contributed by atoms with van der Waals surface area (Å²) >= 11 is 1.70. The third-order valence-electron chi connectivity index (χ3n) is 9.51. The number of aromatic nitrogens is 3. The van der Waals surface area contributed by atoms with Crippen molar-refractivity contribution in [1.29, 1.82) is 0 Å². The SMILES string of the molecule is CCC(C)(CC)C(=O)/C=C(\O)C(C)(CC)CC.Cc1cnc2c3c(ccc(C(C)(C)C)c13)Sc1nc3ncccc3[c-]c1-2.[Ir]. The number of rotatable bonds is 7. The Bertz CT molecular complexity index is 1700. The van der Waals surface area contributed by atoms with E-state index >= 15 is 0 Å². The molecule has 237 valence electrons. The van der Waals surface area contributed by atoms with Crippen LogP contribution in [0.25, 0.3) is 33.1 Å². The summed E-state index contributed by atoms with van der Waals surface area (Å²) in [5.41, 5.74) is 4.75. The summed E-state index contributed by atoms with van der Waals surface area (Å²) in [5, 5.41) is 14.5. The van der Waals surface area contributed by atoms with Crippen LogP contribution in [0, 0.1) is 23.8 Å². The van der Waals surface area contributed by atoms with Crippen LogP contribution in [0.5, 0.6) is 0 Å². The van der Waals surface area contributed by atoms with Crippen molar-refractivity contribution in [2.45, 2.75) is 110 Å². The average molecular weight is 789 g/mol. The second-order valence-electron chi connectivity index (χ2n) is 13.2. The van der Waals surface area contributed by atoms with Gasteiger partial charge in [-0.05, 0) is 66.0 Å². The number of fused-ring (bicyclic) bond motifs is 3. The predicted molar refractivity (Wildman–Crippen MR) is 180 cm³/mol. The first-order valence-electron chi connectivity index (χ1n) is 15.5. The number of pyridine rings is 3. The van der Waals surface area contributed by atoms with Crippen LogP contribution < -0.4 is 0 Å². The molecule has 3 aromatic heterocycles. The Morgan fingerprint density at radius 1 is 0.932 bits per heavy atom. The Morgan fingerprint density at radius 3 is 2.16 bits per heavy atom. The zero-order valence-corrected chi connectivity index (χ0v) is 31.0. The molecule has 44 heavy (non-hydrogen) atoms. The molecular weight excluding hydrogens is 743 g/mol. The summed E-state index contributed by atoms with van der Waals surface area (Å²) in [6.45, 7) is 21.0. The van der Waals surface area contributed by atoms with Crippen LogP contribution in [0.4, 0.5) is 0 Å². The van der Waals surface area contributed by atoms with Crippen LogP contribution >= 0.6 is 11.8 Å². The number of aliphatic hydroxyl groups excluding tert-OH is 1. The molecular formula is C37H46IrN3O2S-. The first-order valence-corrected chi connectivity index (χ1v) is 16.3. The fourth-order valence-corrected chi connectivity index (χ4v) is 6.39. The maximum atomic E-state index is 12.2. The number of carbonyl (C=O) groups excluding carboxylic acids is 1. The van der Waals surface area contributed by atoms with Crippen molar-refractivity contribution in [3.63, 3.8) is 0 Å². The van der Waals surface area contributed by atoms with E-state index in [-0.39, 0.29) is 47.9 Å². The van der Waals surface area contributed by atoms with E-state index in [9.17, 15) is 9.90 Å². The summed E-state index contributed by atoms with van der Waals surface area (Å²) < 4.78 is 0. The summed E-state index contributed by atoms with van der Waals surface area (Å²) in [6, 6.07) is 11.9. The summed E-state index contributed by atoms with van der Waals surface area (Å²) in [5.74, 6) is 0.286. The van der Waals surface area contributed by atoms with E-state index in [0.717, 1.165) is 53.0 Å². The van der Waals surface area contributed by atoms with Gasteiger partial charge in [0.1, 0.15) is 5.76 Å². The molecule has 0 fully saturated rings. The zero-order valence-electron chi connectivity index (χ0n) is 27.8. The molecule has 0 saturated heterocycles. The number of aliphatic hydroxyl groups is 1. The van der Waals surface area contributed by atoms with Gasteiger partial charge in [-0.1, -0.05) is 85.4 Å². The van der Waals surface area contributed by atoms with Gasteiger partial charge in [0.25, 0.3) is 0 Å². The van der Waals surface area contributed by atoms with Crippen LogP contribution in [0.2, 0.25) is 0 Å². The molecule has 0 bridgehead atoms. The Kier molecular flexibility index (Phi) is 11.3. The van der Waals surface area contributed by atoms with Gasteiger partial charge in [0.15, 0.2) is 5.78 Å². The number of nitrogens with zero attached hydrogens (tertiary/aromatic N) is 3. The zero-order chi connectivity index (χ0) is 31.7. The smallest absolute Gasteiger partial charge is 0.164 e. The fourth-order valence-electron chi connectivity index (χ4n) is 5.36. The fraction of sp³-hybridized carbons (Fsp3) is 0.459. The van der Waals surface area contributed by atoms with E-state index in [2.05, 4.69) is 50.9 Å². The Balaban J connectivity index is 0.000000260. The third-order valence-corrected chi connectivity index (χ3v) is 10.6. The van der Waals surface area contributed by atoms with Gasteiger partial charge in [0.2, 0.25) is 0 Å². The molecule has 0 aliphatic carbocycles. The quantitative estimate of drug-likeness (QED) is 0.101. The van der Waals surface area contributed by atoms with Crippen LogP contribution in [0.15, 0.2) is 58.4 Å². The molecule has 7 heteroatoms. The first-order chi connectivity index (χ1) is 20.2. The van der Waals surface area contributed by atoms with Crippen molar-refractivity contribution in [3.05, 3.63) is 65.7 Å². The minimum atomic E-state index is -0.337. The monoisotopic (exact) mass is 789 g/mol. The minimum absolute atomic E-state index is 0. The maximum absolute atomic E-state index is 12.2. The van der Waals surface area contributed by atoms with Crippen LogP contribution in [-0.4, -0.2) is 25.8 Å². The molecule has 0 unspecified atom stereocenters. The normalized spacial score (nSPS) is 13.2. The van der Waals surface area contributed by atoms with E-state index in [1.165, 1.54) is 32.9 Å². The predicted octanol–water partition coefficient (Wildman–Crippen LogP) is 10.4. The number of aryl methyl sites for hydroxylation is 1. The van der Waals surface area contributed by atoms with E-state index < -0.39 is 0 Å². The first kappa shape index (κ1) is 35.9. The van der Waals surface area contributed by atoms with Gasteiger partial charge in [-0.3, -0.25) is 19.7 Å². The molecule has 1 N–H and O–H groups in total. The summed E-state index contributed by atoms with van der Waals surface area (Å²) in [6.07, 6.45) is 8.51. The molecule has 1 radical (unpaired) electrons. The van der Waals surface area contributed by atoms with Gasteiger partial charge in [0.05, 0.1) is 5.65 Å². The Hall–Kier alpha value is -2.60. The van der Waals surface area contributed by atoms with Gasteiger partial charge in [-0.15, -0.1) is 23.9 Å². The maximum Gasteiger partial charge on any atom is 0.164 e. The van der Waals surface area contributed by atoms with Crippen molar-refractivity contribution in [3.8, 4) is 11.3 Å². The van der Waals surface area contributed by atoms with Gasteiger partial charge in [0, 0.05) is 65.0 Å². The van der Waals surface area contributed by atoms with E-state index in [4.69, 9.17) is 9.97 Å². The summed E-state index contributed by atoms with van der Waals surface area (Å²) in [7, 11) is 0. The molecule has 4 heterocycles. The number of ketones is 1. The third kappa shape index (κ3) is 6.80. The van der Waals surface area contributed by atoms with Gasteiger partial charge in [-0.2, -0.15) is 0 Å². The number of carbonyl (C=O) groups is 1. The van der Waals surface area contributed by atoms with Crippen LogP contribution in [0.3, 0.4) is 0 Å². The largest absolute Gasteiger partial charge is 0.512 e. The van der Waals surface area contributed by atoms with E-state index in [1.54, 1.807) is 18.0 Å². The second kappa shape index (κ2) is 13.8. The molecule has 0 saturated carbocycles. The molecule has 5 nitrogen and oxygen atoms in total. The molecule has 1 aliphatic rings. The number of benzene rings is 1. The standard InChI is InChI=1S/C22H18N3S.C15H28O2.Ir/c1-12-11-24-19-14-10-13-6-5-9-23-20(13)25-21(14)26-16-8-7-15(22(2,3)4)17(12)18(16)19;1-7-14(5,8-2)12(16)11-13(17)15(6,9-3)10-4;/h5-9,11H,1-4H3;11,16H,7-10H2,1-6H3;/q-1;;/b;12-11-;. The van der Waals surface area contributed by atoms with Crippen LogP contribution in [0.1, 0.15) is 99.1 Å². The molecule has 1 aromatic carbocycles. The van der Waals surface area contributed by atoms with Crippen molar-refractivity contribution in [2.75, 3.05) is 0 Å². The Labute approximate surface area is 281 Å². The number of hydrogen-bond acceptors (Lipinski definition) is 6. The summed E-state index contributed by atoms with van der Waals surface area (Å²) in [4.78, 5) is 27.3. The molecule has 0 amide bonds. The van der Waals surface area contributed by atoms with Crippen LogP contribution in [-0.2, 0) is 30.3 Å². The van der Waals surface area contributed by atoms with Crippen molar-refractivity contribution in [2.24, 2.45) is 10.8 Å². The molecule has 0 spiro atoms. The van der Waals surface area contributed by atoms with E-state index in [1.807, 2.05) is 59.9 Å². The average Bonchev–Trinajstić information content (AvgIpc) is 3.00.